The number of methoxy groups -OCH3 is 1. The van der Waals surface area contributed by atoms with Crippen molar-refractivity contribution in [3.63, 3.8) is 0 Å². The molecule has 0 spiro atoms. The summed E-state index contributed by atoms with van der Waals surface area (Å²) in [7, 11) is 1.61. The van der Waals surface area contributed by atoms with Crippen LogP contribution < -0.4 is 15.0 Å². The van der Waals surface area contributed by atoms with Crippen LogP contribution in [0.5, 0.6) is 5.75 Å². The summed E-state index contributed by atoms with van der Waals surface area (Å²) in [5.74, 6) is 0.369. The molecule has 136 valence electrons. The van der Waals surface area contributed by atoms with Crippen LogP contribution in [0.15, 0.2) is 60.7 Å². The van der Waals surface area contributed by atoms with Crippen LogP contribution in [0.4, 0.5) is 5.69 Å². The Hall–Kier alpha value is -3.34. The molecule has 0 unspecified atom stereocenters. The molecule has 0 bridgehead atoms. The van der Waals surface area contributed by atoms with Crippen molar-refractivity contribution < 1.29 is 14.3 Å². The van der Waals surface area contributed by atoms with Gasteiger partial charge < -0.3 is 10.1 Å². The molecule has 0 fully saturated rings. The topological polar surface area (TPSA) is 58.6 Å². The van der Waals surface area contributed by atoms with Crippen LogP contribution in [0.25, 0.3) is 10.8 Å². The highest BCUT2D eigenvalue weighted by Gasteiger charge is 2.31. The normalized spacial score (nSPS) is 13.7. The maximum absolute atomic E-state index is 12.8. The first kappa shape index (κ1) is 17.1. The number of carbonyl (C=O) groups is 2. The summed E-state index contributed by atoms with van der Waals surface area (Å²) in [5, 5.41) is 4.88. The second-order valence-electron chi connectivity index (χ2n) is 6.60. The standard InChI is InChI=1S/C22H20N2O3/c1-14(16-9-3-4-12-19(16)27-2)23-20(25)13-24-18-11-6-8-15-7-5-10-17(21(15)18)22(24)26/h3-12,14H,13H2,1-2H3,(H,23,25)/t14-/m1/s1. The minimum absolute atomic E-state index is 0.0217. The second kappa shape index (κ2) is 6.76. The number of nitrogens with one attached hydrogen (secondary N) is 1. The van der Waals surface area contributed by atoms with Gasteiger partial charge in [-0.15, -0.1) is 0 Å². The first-order valence-corrected chi connectivity index (χ1v) is 8.86. The quantitative estimate of drug-likeness (QED) is 0.755. The van der Waals surface area contributed by atoms with Crippen LogP contribution in [-0.2, 0) is 4.79 Å². The van der Waals surface area contributed by atoms with E-state index in [0.717, 1.165) is 27.8 Å². The van der Waals surface area contributed by atoms with Crippen LogP contribution in [-0.4, -0.2) is 25.5 Å². The van der Waals surface area contributed by atoms with Gasteiger partial charge in [-0.2, -0.15) is 0 Å². The summed E-state index contributed by atoms with van der Waals surface area (Å²) >= 11 is 0. The highest BCUT2D eigenvalue weighted by molar-refractivity contribution is 6.26. The van der Waals surface area contributed by atoms with E-state index in [9.17, 15) is 9.59 Å². The lowest BCUT2D eigenvalue weighted by atomic mass is 10.1. The molecule has 27 heavy (non-hydrogen) atoms. The third kappa shape index (κ3) is 2.91. The molecule has 5 heteroatoms. The number of nitrogens with zero attached hydrogens (tertiary/aromatic N) is 1. The van der Waals surface area contributed by atoms with E-state index in [-0.39, 0.29) is 24.4 Å². The van der Waals surface area contributed by atoms with E-state index in [1.807, 2.05) is 67.6 Å². The van der Waals surface area contributed by atoms with Crippen LogP contribution in [0.1, 0.15) is 28.9 Å². The van der Waals surface area contributed by atoms with Gasteiger partial charge in [0.25, 0.3) is 5.91 Å². The molecule has 3 aromatic rings. The van der Waals surface area contributed by atoms with Gasteiger partial charge in [0.1, 0.15) is 12.3 Å². The van der Waals surface area contributed by atoms with Crippen molar-refractivity contribution in [2.24, 2.45) is 0 Å². The zero-order chi connectivity index (χ0) is 19.0. The number of hydrogen-bond acceptors (Lipinski definition) is 3. The van der Waals surface area contributed by atoms with Crippen LogP contribution in [0.3, 0.4) is 0 Å². The molecule has 5 nitrogen and oxygen atoms in total. The van der Waals surface area contributed by atoms with Crippen molar-refractivity contribution in [3.8, 4) is 5.75 Å². The van der Waals surface area contributed by atoms with E-state index in [2.05, 4.69) is 5.32 Å². The summed E-state index contributed by atoms with van der Waals surface area (Å²) in [4.78, 5) is 27.0. The number of anilines is 1. The maximum Gasteiger partial charge on any atom is 0.259 e. The van der Waals surface area contributed by atoms with Gasteiger partial charge in [-0.05, 0) is 30.5 Å². The lowest BCUT2D eigenvalue weighted by molar-refractivity contribution is -0.120. The van der Waals surface area contributed by atoms with Crippen molar-refractivity contribution in [1.29, 1.82) is 0 Å². The largest absolute Gasteiger partial charge is 0.496 e. The average Bonchev–Trinajstić information content (AvgIpc) is 2.96. The van der Waals surface area contributed by atoms with Crippen molar-refractivity contribution in [1.82, 2.24) is 5.32 Å². The Kier molecular flexibility index (Phi) is 4.28. The molecular formula is C22H20N2O3. The Morgan fingerprint density at radius 1 is 1.07 bits per heavy atom. The molecule has 0 saturated carbocycles. The number of rotatable bonds is 5. The smallest absolute Gasteiger partial charge is 0.259 e. The van der Waals surface area contributed by atoms with E-state index in [1.165, 1.54) is 0 Å². The summed E-state index contributed by atoms with van der Waals surface area (Å²) in [5.41, 5.74) is 2.33. The van der Waals surface area contributed by atoms with Crippen molar-refractivity contribution in [2.75, 3.05) is 18.6 Å². The fourth-order valence-corrected chi connectivity index (χ4v) is 3.67. The van der Waals surface area contributed by atoms with Gasteiger partial charge in [0.15, 0.2) is 0 Å². The summed E-state index contributed by atoms with van der Waals surface area (Å²) in [6.07, 6.45) is 0. The predicted molar refractivity (Wildman–Crippen MR) is 105 cm³/mol. The summed E-state index contributed by atoms with van der Waals surface area (Å²) in [6, 6.07) is 18.8. The average molecular weight is 360 g/mol. The first-order valence-electron chi connectivity index (χ1n) is 8.86. The SMILES string of the molecule is COc1ccccc1[C@@H](C)NC(=O)CN1C(=O)c2cccc3cccc1c23. The number of para-hydroxylation sites is 1. The third-order valence-corrected chi connectivity index (χ3v) is 4.93. The molecular weight excluding hydrogens is 340 g/mol. The molecule has 0 radical (unpaired) electrons. The molecule has 1 heterocycles. The lowest BCUT2D eigenvalue weighted by Crippen LogP contribution is -2.39. The van der Waals surface area contributed by atoms with Gasteiger partial charge in [-0.3, -0.25) is 14.5 Å². The predicted octanol–water partition coefficient (Wildman–Crippen LogP) is 3.69. The summed E-state index contributed by atoms with van der Waals surface area (Å²) in [6.45, 7) is 1.88. The van der Waals surface area contributed by atoms with E-state index < -0.39 is 0 Å². The molecule has 1 aliphatic heterocycles. The zero-order valence-electron chi connectivity index (χ0n) is 15.2. The van der Waals surface area contributed by atoms with Gasteiger partial charge >= 0.3 is 0 Å². The fourth-order valence-electron chi connectivity index (χ4n) is 3.67. The molecule has 1 N–H and O–H groups in total. The van der Waals surface area contributed by atoms with E-state index in [1.54, 1.807) is 12.0 Å². The molecule has 0 aliphatic carbocycles. The van der Waals surface area contributed by atoms with Gasteiger partial charge in [0, 0.05) is 16.5 Å². The highest BCUT2D eigenvalue weighted by Crippen LogP contribution is 2.37. The number of carbonyl (C=O) groups excluding carboxylic acids is 2. The lowest BCUT2D eigenvalue weighted by Gasteiger charge is -2.21. The van der Waals surface area contributed by atoms with Gasteiger partial charge in [0.05, 0.1) is 18.8 Å². The van der Waals surface area contributed by atoms with Crippen LogP contribution >= 0.6 is 0 Å². The minimum atomic E-state index is -0.232. The monoisotopic (exact) mass is 360 g/mol. The number of hydrogen-bond donors (Lipinski definition) is 1. The zero-order valence-corrected chi connectivity index (χ0v) is 15.2. The second-order valence-corrected chi connectivity index (χ2v) is 6.60. The van der Waals surface area contributed by atoms with Crippen LogP contribution in [0.2, 0.25) is 0 Å². The fraction of sp³-hybridized carbons (Fsp3) is 0.182. The molecule has 0 saturated heterocycles. The van der Waals surface area contributed by atoms with E-state index in [0.29, 0.717) is 5.56 Å². The van der Waals surface area contributed by atoms with Crippen LogP contribution in [0, 0.1) is 0 Å². The highest BCUT2D eigenvalue weighted by atomic mass is 16.5. The van der Waals surface area contributed by atoms with E-state index in [4.69, 9.17) is 4.74 Å². The Bertz CT molecular complexity index is 1040. The molecule has 2 amide bonds. The Morgan fingerprint density at radius 2 is 1.81 bits per heavy atom. The molecule has 1 aliphatic rings. The van der Waals surface area contributed by atoms with E-state index >= 15 is 0 Å². The number of benzene rings is 3. The maximum atomic E-state index is 12.8. The molecule has 1 atom stereocenters. The summed E-state index contributed by atoms with van der Waals surface area (Å²) < 4.78 is 5.36. The van der Waals surface area contributed by atoms with Gasteiger partial charge in [-0.1, -0.05) is 42.5 Å². The molecule has 4 rings (SSSR count). The first-order chi connectivity index (χ1) is 13.1. The Morgan fingerprint density at radius 3 is 2.59 bits per heavy atom. The third-order valence-electron chi connectivity index (χ3n) is 4.93. The minimum Gasteiger partial charge on any atom is -0.496 e. The number of amides is 2. The number of ether oxygens (including phenoxy) is 1. The Labute approximate surface area is 157 Å². The van der Waals surface area contributed by atoms with Gasteiger partial charge in [-0.25, -0.2) is 0 Å². The van der Waals surface area contributed by atoms with Crippen molar-refractivity contribution in [2.45, 2.75) is 13.0 Å². The molecule has 0 aromatic heterocycles. The molecule has 3 aromatic carbocycles. The van der Waals surface area contributed by atoms with Crippen molar-refractivity contribution in [3.05, 3.63) is 71.8 Å². The van der Waals surface area contributed by atoms with Crippen molar-refractivity contribution >= 4 is 28.3 Å². The Balaban J connectivity index is 1.54. The van der Waals surface area contributed by atoms with Gasteiger partial charge in [0.2, 0.25) is 5.91 Å².